The zero-order valence-corrected chi connectivity index (χ0v) is 12.5. The molecule has 6 heteroatoms. The Morgan fingerprint density at radius 1 is 1.11 bits per heavy atom. The van der Waals surface area contributed by atoms with Gasteiger partial charge in [-0.2, -0.15) is 0 Å². The van der Waals surface area contributed by atoms with Gasteiger partial charge < -0.3 is 5.32 Å². The first-order valence-corrected chi connectivity index (χ1v) is 6.74. The lowest BCUT2D eigenvalue weighted by molar-refractivity contribution is 0.102. The first-order chi connectivity index (χ1) is 8.97. The fourth-order valence-corrected chi connectivity index (χ4v) is 2.09. The minimum atomic E-state index is -0.475. The van der Waals surface area contributed by atoms with Crippen molar-refractivity contribution in [3.63, 3.8) is 0 Å². The zero-order valence-electron chi connectivity index (χ0n) is 9.38. The second-order valence-electron chi connectivity index (χ2n) is 3.71. The van der Waals surface area contributed by atoms with E-state index in [-0.39, 0.29) is 10.7 Å². The van der Waals surface area contributed by atoms with Crippen molar-refractivity contribution in [1.82, 2.24) is 0 Å². The highest BCUT2D eigenvalue weighted by Crippen LogP contribution is 2.25. The number of rotatable bonds is 2. The summed E-state index contributed by atoms with van der Waals surface area (Å²) in [4.78, 5) is 12.0. The Morgan fingerprint density at radius 3 is 2.47 bits per heavy atom. The fraction of sp³-hybridized carbons (Fsp3) is 0. The number of amides is 1. The predicted octanol–water partition coefficient (Wildman–Crippen LogP) is 5.15. The largest absolute Gasteiger partial charge is 0.321 e. The maximum absolute atomic E-state index is 13.1. The molecule has 0 saturated heterocycles. The molecule has 0 aromatic heterocycles. The molecule has 0 aliphatic carbocycles. The molecule has 0 radical (unpaired) electrons. The van der Waals surface area contributed by atoms with Crippen molar-refractivity contribution in [2.75, 3.05) is 5.32 Å². The van der Waals surface area contributed by atoms with Gasteiger partial charge >= 0.3 is 0 Å². The van der Waals surface area contributed by atoms with Gasteiger partial charge in [-0.15, -0.1) is 0 Å². The number of carbonyl (C=O) groups is 1. The Hall–Kier alpha value is -1.10. The first kappa shape index (κ1) is 14.3. The van der Waals surface area contributed by atoms with Crippen LogP contribution in [0, 0.1) is 5.82 Å². The summed E-state index contributed by atoms with van der Waals surface area (Å²) in [6.07, 6.45) is 0. The maximum atomic E-state index is 13.1. The highest BCUT2D eigenvalue weighted by Gasteiger charge is 2.10. The lowest BCUT2D eigenvalue weighted by Gasteiger charge is -2.08. The molecule has 0 bridgehead atoms. The van der Waals surface area contributed by atoms with Crippen molar-refractivity contribution >= 4 is 50.7 Å². The molecule has 0 fully saturated rings. The summed E-state index contributed by atoms with van der Waals surface area (Å²) < 4.78 is 13.7. The van der Waals surface area contributed by atoms with E-state index in [2.05, 4.69) is 21.2 Å². The highest BCUT2D eigenvalue weighted by molar-refractivity contribution is 9.10. The molecule has 1 amide bonds. The second kappa shape index (κ2) is 5.90. The number of benzene rings is 2. The molecular weight excluding hydrogens is 356 g/mol. The molecule has 2 aromatic rings. The molecule has 2 aromatic carbocycles. The van der Waals surface area contributed by atoms with E-state index in [1.165, 1.54) is 12.1 Å². The zero-order chi connectivity index (χ0) is 14.0. The minimum absolute atomic E-state index is 0.220. The van der Waals surface area contributed by atoms with Crippen LogP contribution in [0.5, 0.6) is 0 Å². The van der Waals surface area contributed by atoms with Crippen LogP contribution in [-0.4, -0.2) is 5.91 Å². The summed E-state index contributed by atoms with van der Waals surface area (Å²) in [5.74, 6) is -0.873. The molecule has 0 atom stereocenters. The van der Waals surface area contributed by atoms with E-state index in [0.717, 1.165) is 6.07 Å². The lowest BCUT2D eigenvalue weighted by Crippen LogP contribution is -2.12. The Labute approximate surface area is 127 Å². The number of hydrogen-bond donors (Lipinski definition) is 1. The quantitative estimate of drug-likeness (QED) is 0.786. The van der Waals surface area contributed by atoms with E-state index in [1.54, 1.807) is 18.2 Å². The molecule has 0 aliphatic heterocycles. The van der Waals surface area contributed by atoms with Gasteiger partial charge in [0.15, 0.2) is 0 Å². The van der Waals surface area contributed by atoms with Gasteiger partial charge in [0.1, 0.15) is 5.82 Å². The number of carbonyl (C=O) groups excluding carboxylic acids is 1. The monoisotopic (exact) mass is 361 g/mol. The van der Waals surface area contributed by atoms with Crippen LogP contribution >= 0.6 is 39.1 Å². The average Bonchev–Trinajstić information content (AvgIpc) is 2.37. The Kier molecular flexibility index (Phi) is 4.45. The van der Waals surface area contributed by atoms with Gasteiger partial charge in [-0.25, -0.2) is 4.39 Å². The third-order valence-corrected chi connectivity index (χ3v) is 3.90. The third kappa shape index (κ3) is 3.47. The highest BCUT2D eigenvalue weighted by atomic mass is 79.9. The standard InChI is InChI=1S/C13H7BrCl2FNO/c14-9-5-7(1-3-10(9)15)13(19)18-12-6-8(17)2-4-11(12)16/h1-6H,(H,18,19). The average molecular weight is 363 g/mol. The summed E-state index contributed by atoms with van der Waals surface area (Å²) in [5, 5.41) is 3.31. The topological polar surface area (TPSA) is 29.1 Å². The van der Waals surface area contributed by atoms with Gasteiger partial charge in [-0.3, -0.25) is 4.79 Å². The van der Waals surface area contributed by atoms with Crippen molar-refractivity contribution in [2.24, 2.45) is 0 Å². The normalized spacial score (nSPS) is 10.3. The first-order valence-electron chi connectivity index (χ1n) is 5.19. The van der Waals surface area contributed by atoms with E-state index in [4.69, 9.17) is 23.2 Å². The summed E-state index contributed by atoms with van der Waals surface area (Å²) >= 11 is 14.9. The molecule has 0 spiro atoms. The maximum Gasteiger partial charge on any atom is 0.255 e. The van der Waals surface area contributed by atoms with Crippen LogP contribution in [0.2, 0.25) is 10.0 Å². The van der Waals surface area contributed by atoms with Crippen LogP contribution in [-0.2, 0) is 0 Å². The van der Waals surface area contributed by atoms with E-state index >= 15 is 0 Å². The number of hydrogen-bond acceptors (Lipinski definition) is 1. The predicted molar refractivity (Wildman–Crippen MR) is 78.5 cm³/mol. The van der Waals surface area contributed by atoms with Crippen LogP contribution in [0.1, 0.15) is 10.4 Å². The van der Waals surface area contributed by atoms with Gasteiger partial charge in [-0.05, 0) is 52.3 Å². The molecule has 0 unspecified atom stereocenters. The van der Waals surface area contributed by atoms with Crippen LogP contribution in [0.15, 0.2) is 40.9 Å². The van der Waals surface area contributed by atoms with E-state index < -0.39 is 11.7 Å². The smallest absolute Gasteiger partial charge is 0.255 e. The third-order valence-electron chi connectivity index (χ3n) is 2.36. The van der Waals surface area contributed by atoms with Gasteiger partial charge in [0, 0.05) is 10.0 Å². The summed E-state index contributed by atoms with van der Waals surface area (Å²) in [5.41, 5.74) is 0.606. The number of halogens is 4. The van der Waals surface area contributed by atoms with Gasteiger partial charge in [0.2, 0.25) is 0 Å². The molecular formula is C13H7BrCl2FNO. The summed E-state index contributed by atoms with van der Waals surface area (Å²) in [7, 11) is 0. The minimum Gasteiger partial charge on any atom is -0.321 e. The Balaban J connectivity index is 2.25. The van der Waals surface area contributed by atoms with Crippen molar-refractivity contribution in [3.05, 3.63) is 62.3 Å². The summed E-state index contributed by atoms with van der Waals surface area (Å²) in [6.45, 7) is 0. The molecule has 98 valence electrons. The molecule has 0 saturated carbocycles. The van der Waals surface area contributed by atoms with E-state index in [0.29, 0.717) is 15.1 Å². The molecule has 2 nitrogen and oxygen atoms in total. The SMILES string of the molecule is O=C(Nc1cc(F)ccc1Cl)c1ccc(Cl)c(Br)c1. The Bertz CT molecular complexity index is 649. The van der Waals surface area contributed by atoms with E-state index in [1.807, 2.05) is 0 Å². The Morgan fingerprint density at radius 2 is 1.79 bits per heavy atom. The van der Waals surface area contributed by atoms with Crippen molar-refractivity contribution < 1.29 is 9.18 Å². The van der Waals surface area contributed by atoms with Crippen molar-refractivity contribution in [1.29, 1.82) is 0 Å². The molecule has 2 rings (SSSR count). The molecule has 0 aliphatic rings. The van der Waals surface area contributed by atoms with Gasteiger partial charge in [0.05, 0.1) is 15.7 Å². The number of anilines is 1. The van der Waals surface area contributed by atoms with Crippen molar-refractivity contribution in [3.8, 4) is 0 Å². The van der Waals surface area contributed by atoms with Crippen LogP contribution in [0.25, 0.3) is 0 Å². The lowest BCUT2D eigenvalue weighted by atomic mass is 10.2. The van der Waals surface area contributed by atoms with Gasteiger partial charge in [0.25, 0.3) is 5.91 Å². The number of nitrogens with one attached hydrogen (secondary N) is 1. The van der Waals surface area contributed by atoms with Crippen molar-refractivity contribution in [2.45, 2.75) is 0 Å². The van der Waals surface area contributed by atoms with Crippen LogP contribution < -0.4 is 5.32 Å². The summed E-state index contributed by atoms with van der Waals surface area (Å²) in [6, 6.07) is 8.49. The molecule has 0 heterocycles. The van der Waals surface area contributed by atoms with Gasteiger partial charge in [-0.1, -0.05) is 23.2 Å². The molecule has 1 N–H and O–H groups in total. The fourth-order valence-electron chi connectivity index (χ4n) is 1.43. The van der Waals surface area contributed by atoms with Crippen LogP contribution in [0.4, 0.5) is 10.1 Å². The second-order valence-corrected chi connectivity index (χ2v) is 5.38. The van der Waals surface area contributed by atoms with E-state index in [9.17, 15) is 9.18 Å². The van der Waals surface area contributed by atoms with Crippen LogP contribution in [0.3, 0.4) is 0 Å². The molecule has 19 heavy (non-hydrogen) atoms.